The van der Waals surface area contributed by atoms with Gasteiger partial charge in [0.15, 0.2) is 0 Å². The van der Waals surface area contributed by atoms with Crippen LogP contribution in [-0.2, 0) is 4.79 Å². The fourth-order valence-corrected chi connectivity index (χ4v) is 3.60. The molecule has 1 aromatic heterocycles. The highest BCUT2D eigenvalue weighted by atomic mass is 32.2. The number of hydrazone groups is 1. The number of fused-ring (bicyclic) bond motifs is 1. The Kier molecular flexibility index (Phi) is 6.08. The standard InChI is InChI=1S/C21H21N3O2S/c1-14-8-9-18-17(10-14)20(11-15(2)23-18)27-13-21(25)24-22-12-16-6-4-5-7-19(16)26-3/h4-12H,13H2,1-3H3,(H,24,25)/b22-12+. The first kappa shape index (κ1) is 18.9. The number of amides is 1. The first-order valence-corrected chi connectivity index (χ1v) is 9.51. The number of nitrogens with zero attached hydrogens (tertiary/aromatic N) is 2. The van der Waals surface area contributed by atoms with E-state index in [4.69, 9.17) is 4.74 Å². The number of aryl methyl sites for hydroxylation is 2. The number of hydrogen-bond donors (Lipinski definition) is 1. The SMILES string of the molecule is COc1ccccc1/C=N/NC(=O)CSc1cc(C)nc2ccc(C)cc12. The van der Waals surface area contributed by atoms with Gasteiger partial charge in [-0.1, -0.05) is 23.8 Å². The Morgan fingerprint density at radius 1 is 1.22 bits per heavy atom. The van der Waals surface area contributed by atoms with Crippen LogP contribution in [0.3, 0.4) is 0 Å². The molecule has 1 heterocycles. The second-order valence-electron chi connectivity index (χ2n) is 6.11. The fourth-order valence-electron chi connectivity index (χ4n) is 2.68. The van der Waals surface area contributed by atoms with Crippen LogP contribution in [0, 0.1) is 13.8 Å². The zero-order valence-corrected chi connectivity index (χ0v) is 16.3. The smallest absolute Gasteiger partial charge is 0.250 e. The minimum Gasteiger partial charge on any atom is -0.496 e. The molecule has 5 nitrogen and oxygen atoms in total. The highest BCUT2D eigenvalue weighted by Crippen LogP contribution is 2.28. The first-order chi connectivity index (χ1) is 13.1. The average molecular weight is 379 g/mol. The number of aromatic nitrogens is 1. The molecule has 0 atom stereocenters. The van der Waals surface area contributed by atoms with Gasteiger partial charge in [0.1, 0.15) is 5.75 Å². The van der Waals surface area contributed by atoms with Gasteiger partial charge in [-0.05, 0) is 44.2 Å². The van der Waals surface area contributed by atoms with E-state index in [0.29, 0.717) is 5.75 Å². The Balaban J connectivity index is 1.65. The zero-order chi connectivity index (χ0) is 19.2. The summed E-state index contributed by atoms with van der Waals surface area (Å²) in [5.74, 6) is 0.816. The second-order valence-corrected chi connectivity index (χ2v) is 7.12. The number of carbonyl (C=O) groups excluding carboxylic acids is 1. The molecule has 1 amide bonds. The van der Waals surface area contributed by atoms with Crippen molar-refractivity contribution in [3.05, 3.63) is 65.4 Å². The van der Waals surface area contributed by atoms with E-state index in [9.17, 15) is 4.79 Å². The molecule has 0 saturated carbocycles. The molecule has 0 radical (unpaired) electrons. The summed E-state index contributed by atoms with van der Waals surface area (Å²) in [6, 6.07) is 15.7. The summed E-state index contributed by atoms with van der Waals surface area (Å²) < 4.78 is 5.26. The number of carbonyl (C=O) groups is 1. The molecule has 27 heavy (non-hydrogen) atoms. The monoisotopic (exact) mass is 379 g/mol. The molecule has 0 bridgehead atoms. The average Bonchev–Trinajstić information content (AvgIpc) is 2.67. The maximum atomic E-state index is 12.2. The summed E-state index contributed by atoms with van der Waals surface area (Å²) in [7, 11) is 1.60. The second kappa shape index (κ2) is 8.68. The van der Waals surface area contributed by atoms with Gasteiger partial charge in [-0.15, -0.1) is 11.8 Å². The number of ether oxygens (including phenoxy) is 1. The predicted octanol–water partition coefficient (Wildman–Crippen LogP) is 4.10. The van der Waals surface area contributed by atoms with Crippen molar-refractivity contribution in [2.24, 2.45) is 5.10 Å². The van der Waals surface area contributed by atoms with Crippen LogP contribution in [0.25, 0.3) is 10.9 Å². The van der Waals surface area contributed by atoms with E-state index in [1.807, 2.05) is 56.3 Å². The first-order valence-electron chi connectivity index (χ1n) is 8.52. The van der Waals surface area contributed by atoms with Crippen molar-refractivity contribution in [1.29, 1.82) is 0 Å². The van der Waals surface area contributed by atoms with E-state index >= 15 is 0 Å². The van der Waals surface area contributed by atoms with Crippen LogP contribution in [0.2, 0.25) is 0 Å². The largest absolute Gasteiger partial charge is 0.496 e. The summed E-state index contributed by atoms with van der Waals surface area (Å²) in [6.45, 7) is 4.01. The molecule has 0 unspecified atom stereocenters. The van der Waals surface area contributed by atoms with Gasteiger partial charge in [-0.2, -0.15) is 5.10 Å². The van der Waals surface area contributed by atoms with Crippen LogP contribution >= 0.6 is 11.8 Å². The number of para-hydroxylation sites is 1. The molecule has 0 aliphatic carbocycles. The van der Waals surface area contributed by atoms with Crippen molar-refractivity contribution in [2.45, 2.75) is 18.7 Å². The Morgan fingerprint density at radius 3 is 2.85 bits per heavy atom. The molecule has 138 valence electrons. The van der Waals surface area contributed by atoms with Crippen molar-refractivity contribution in [3.8, 4) is 5.75 Å². The number of rotatable bonds is 6. The molecular weight excluding hydrogens is 358 g/mol. The maximum Gasteiger partial charge on any atom is 0.250 e. The van der Waals surface area contributed by atoms with Crippen LogP contribution in [0.4, 0.5) is 0 Å². The van der Waals surface area contributed by atoms with Gasteiger partial charge < -0.3 is 4.74 Å². The van der Waals surface area contributed by atoms with Gasteiger partial charge in [0.25, 0.3) is 0 Å². The normalized spacial score (nSPS) is 11.1. The lowest BCUT2D eigenvalue weighted by molar-refractivity contribution is -0.118. The molecule has 0 fully saturated rings. The quantitative estimate of drug-likeness (QED) is 0.398. The van der Waals surface area contributed by atoms with Crippen LogP contribution < -0.4 is 10.2 Å². The van der Waals surface area contributed by atoms with E-state index < -0.39 is 0 Å². The number of thioether (sulfide) groups is 1. The van der Waals surface area contributed by atoms with Crippen molar-refractivity contribution in [3.63, 3.8) is 0 Å². The van der Waals surface area contributed by atoms with Gasteiger partial charge in [-0.25, -0.2) is 5.43 Å². The van der Waals surface area contributed by atoms with Gasteiger partial charge in [0, 0.05) is 21.5 Å². The summed E-state index contributed by atoms with van der Waals surface area (Å²) in [6.07, 6.45) is 1.58. The number of hydrogen-bond acceptors (Lipinski definition) is 5. The summed E-state index contributed by atoms with van der Waals surface area (Å²) in [5, 5.41) is 5.09. The minimum absolute atomic E-state index is 0.165. The third-order valence-corrected chi connectivity index (χ3v) is 5.00. The molecule has 1 N–H and O–H groups in total. The number of pyridine rings is 1. The number of methoxy groups -OCH3 is 1. The summed E-state index contributed by atoms with van der Waals surface area (Å²) in [5.41, 5.74) is 6.41. The summed E-state index contributed by atoms with van der Waals surface area (Å²) in [4.78, 5) is 17.8. The van der Waals surface area contributed by atoms with Crippen molar-refractivity contribution in [2.75, 3.05) is 12.9 Å². The topological polar surface area (TPSA) is 63.6 Å². The lowest BCUT2D eigenvalue weighted by Crippen LogP contribution is -2.19. The predicted molar refractivity (Wildman–Crippen MR) is 111 cm³/mol. The van der Waals surface area contributed by atoms with Crippen molar-refractivity contribution in [1.82, 2.24) is 10.4 Å². The highest BCUT2D eigenvalue weighted by Gasteiger charge is 2.08. The molecule has 3 rings (SSSR count). The van der Waals surface area contributed by atoms with Gasteiger partial charge in [0.05, 0.1) is 24.6 Å². The third-order valence-electron chi connectivity index (χ3n) is 3.94. The number of benzene rings is 2. The summed E-state index contributed by atoms with van der Waals surface area (Å²) >= 11 is 1.48. The van der Waals surface area contributed by atoms with Crippen LogP contribution in [0.1, 0.15) is 16.8 Å². The van der Waals surface area contributed by atoms with Gasteiger partial charge in [0.2, 0.25) is 5.91 Å². The van der Waals surface area contributed by atoms with Gasteiger partial charge >= 0.3 is 0 Å². The Hall–Kier alpha value is -2.86. The molecule has 0 saturated heterocycles. The van der Waals surface area contributed by atoms with Gasteiger partial charge in [-0.3, -0.25) is 9.78 Å². The Morgan fingerprint density at radius 2 is 2.04 bits per heavy atom. The number of nitrogens with one attached hydrogen (secondary N) is 1. The highest BCUT2D eigenvalue weighted by molar-refractivity contribution is 8.00. The minimum atomic E-state index is -0.165. The Bertz CT molecular complexity index is 1000. The zero-order valence-electron chi connectivity index (χ0n) is 15.5. The molecule has 2 aromatic carbocycles. The van der Waals surface area contributed by atoms with Crippen molar-refractivity contribution < 1.29 is 9.53 Å². The molecule has 6 heteroatoms. The van der Waals surface area contributed by atoms with E-state index in [-0.39, 0.29) is 11.7 Å². The fraction of sp³-hybridized carbons (Fsp3) is 0.190. The molecule has 0 spiro atoms. The molecule has 3 aromatic rings. The lowest BCUT2D eigenvalue weighted by Gasteiger charge is -2.08. The van der Waals surface area contributed by atoms with E-state index in [1.165, 1.54) is 17.3 Å². The van der Waals surface area contributed by atoms with E-state index in [0.717, 1.165) is 27.1 Å². The molecule has 0 aliphatic rings. The third kappa shape index (κ3) is 4.86. The molecule has 0 aliphatic heterocycles. The van der Waals surface area contributed by atoms with Crippen LogP contribution in [-0.4, -0.2) is 30.0 Å². The molecular formula is C21H21N3O2S. The maximum absolute atomic E-state index is 12.2. The lowest BCUT2D eigenvalue weighted by atomic mass is 10.1. The van der Waals surface area contributed by atoms with Crippen LogP contribution in [0.15, 0.2) is 58.5 Å². The van der Waals surface area contributed by atoms with Crippen molar-refractivity contribution >= 4 is 34.8 Å². The van der Waals surface area contributed by atoms with E-state index in [2.05, 4.69) is 21.6 Å². The Labute approximate surface area is 162 Å². The van der Waals surface area contributed by atoms with E-state index in [1.54, 1.807) is 13.3 Å². The van der Waals surface area contributed by atoms with Crippen LogP contribution in [0.5, 0.6) is 5.75 Å².